The molecule has 0 aliphatic heterocycles. The highest BCUT2D eigenvalue weighted by atomic mass is 16.5. The first kappa shape index (κ1) is 13.4. The fraction of sp³-hybridized carbons (Fsp3) is 0.889. The Morgan fingerprint density at radius 3 is 2.79 bits per heavy atom. The van der Waals surface area contributed by atoms with Gasteiger partial charge in [0.15, 0.2) is 0 Å². The van der Waals surface area contributed by atoms with E-state index in [1.165, 1.54) is 0 Å². The molecule has 0 aliphatic carbocycles. The zero-order valence-corrected chi connectivity index (χ0v) is 8.75. The quantitative estimate of drug-likeness (QED) is 0.497. The van der Waals surface area contributed by atoms with Crippen molar-refractivity contribution in [2.45, 2.75) is 13.3 Å². The van der Waals surface area contributed by atoms with Crippen molar-refractivity contribution in [2.75, 3.05) is 39.5 Å². The Morgan fingerprint density at radius 1 is 1.36 bits per heavy atom. The summed E-state index contributed by atoms with van der Waals surface area (Å²) in [6.45, 7) is 4.92. The van der Waals surface area contributed by atoms with Crippen LogP contribution in [0.5, 0.6) is 0 Å². The molecular formula is C9H20N2O3. The molecule has 0 saturated carbocycles. The van der Waals surface area contributed by atoms with Crippen LogP contribution in [0.15, 0.2) is 0 Å². The van der Waals surface area contributed by atoms with Crippen LogP contribution in [0, 0.1) is 0 Å². The van der Waals surface area contributed by atoms with Gasteiger partial charge in [0.05, 0.1) is 6.61 Å². The molecule has 0 heterocycles. The van der Waals surface area contributed by atoms with Crippen molar-refractivity contribution in [1.82, 2.24) is 5.32 Å². The summed E-state index contributed by atoms with van der Waals surface area (Å²) >= 11 is 0. The summed E-state index contributed by atoms with van der Waals surface area (Å²) in [5.41, 5.74) is 5.24. The molecule has 0 aromatic carbocycles. The number of nitrogens with one attached hydrogen (secondary N) is 1. The lowest BCUT2D eigenvalue weighted by molar-refractivity contribution is -0.125. The zero-order chi connectivity index (χ0) is 10.6. The number of rotatable bonds is 9. The van der Waals surface area contributed by atoms with Gasteiger partial charge in [-0.2, -0.15) is 0 Å². The summed E-state index contributed by atoms with van der Waals surface area (Å²) in [6, 6.07) is 0. The highest BCUT2D eigenvalue weighted by Crippen LogP contribution is 1.81. The maximum Gasteiger partial charge on any atom is 0.245 e. The van der Waals surface area contributed by atoms with E-state index in [1.54, 1.807) is 0 Å². The summed E-state index contributed by atoms with van der Waals surface area (Å²) in [5, 5.41) is 2.72. The molecule has 0 atom stereocenters. The van der Waals surface area contributed by atoms with Crippen LogP contribution in [0.3, 0.4) is 0 Å². The zero-order valence-electron chi connectivity index (χ0n) is 8.75. The van der Waals surface area contributed by atoms with Crippen LogP contribution in [0.1, 0.15) is 13.3 Å². The maximum atomic E-state index is 11.0. The highest BCUT2D eigenvalue weighted by molar-refractivity contribution is 5.77. The Bertz CT molecular complexity index is 142. The van der Waals surface area contributed by atoms with Gasteiger partial charge in [0.2, 0.25) is 5.91 Å². The minimum Gasteiger partial charge on any atom is -0.380 e. The average molecular weight is 204 g/mol. The third-order valence-electron chi connectivity index (χ3n) is 1.49. The maximum absolute atomic E-state index is 11.0. The molecule has 0 rings (SSSR count). The molecule has 3 N–H and O–H groups in total. The summed E-state index contributed by atoms with van der Waals surface area (Å²) in [6.07, 6.45) is 0.803. The van der Waals surface area contributed by atoms with Crippen LogP contribution in [0.2, 0.25) is 0 Å². The monoisotopic (exact) mass is 204 g/mol. The second-order valence-electron chi connectivity index (χ2n) is 2.74. The van der Waals surface area contributed by atoms with E-state index in [0.29, 0.717) is 32.9 Å². The molecule has 0 radical (unpaired) electrons. The first-order valence-electron chi connectivity index (χ1n) is 4.93. The Labute approximate surface area is 84.9 Å². The van der Waals surface area contributed by atoms with Crippen LogP contribution < -0.4 is 11.1 Å². The SMILES string of the molecule is CCOCC(=O)NCCCOCCN. The molecule has 14 heavy (non-hydrogen) atoms. The third kappa shape index (κ3) is 9.44. The second-order valence-corrected chi connectivity index (χ2v) is 2.74. The van der Waals surface area contributed by atoms with Crippen LogP contribution in [-0.4, -0.2) is 45.4 Å². The first-order chi connectivity index (χ1) is 6.81. The van der Waals surface area contributed by atoms with E-state index in [-0.39, 0.29) is 12.5 Å². The first-order valence-corrected chi connectivity index (χ1v) is 4.93. The summed E-state index contributed by atoms with van der Waals surface area (Å²) < 4.78 is 10.1. The molecule has 5 heteroatoms. The smallest absolute Gasteiger partial charge is 0.245 e. The van der Waals surface area contributed by atoms with Crippen LogP contribution in [0.25, 0.3) is 0 Å². The van der Waals surface area contributed by atoms with Gasteiger partial charge in [-0.05, 0) is 13.3 Å². The van der Waals surface area contributed by atoms with Gasteiger partial charge in [-0.25, -0.2) is 0 Å². The molecule has 84 valence electrons. The Balaban J connectivity index is 3.07. The number of carbonyl (C=O) groups is 1. The topological polar surface area (TPSA) is 73.6 Å². The minimum absolute atomic E-state index is 0.0781. The normalized spacial score (nSPS) is 10.1. The Hall–Kier alpha value is -0.650. The van der Waals surface area contributed by atoms with Crippen molar-refractivity contribution < 1.29 is 14.3 Å². The Morgan fingerprint density at radius 2 is 2.14 bits per heavy atom. The lowest BCUT2D eigenvalue weighted by Gasteiger charge is -2.05. The number of hydrogen-bond acceptors (Lipinski definition) is 4. The predicted molar refractivity (Wildman–Crippen MR) is 54.0 cm³/mol. The Kier molecular flexibility index (Phi) is 9.95. The van der Waals surface area contributed by atoms with E-state index in [1.807, 2.05) is 6.92 Å². The van der Waals surface area contributed by atoms with Crippen molar-refractivity contribution in [3.05, 3.63) is 0 Å². The van der Waals surface area contributed by atoms with Crippen molar-refractivity contribution in [3.63, 3.8) is 0 Å². The standard InChI is InChI=1S/C9H20N2O3/c1-2-13-8-9(12)11-5-3-6-14-7-4-10/h2-8,10H2,1H3,(H,11,12). The fourth-order valence-corrected chi connectivity index (χ4v) is 0.833. The van der Waals surface area contributed by atoms with Crippen molar-refractivity contribution in [3.8, 4) is 0 Å². The van der Waals surface area contributed by atoms with E-state index in [2.05, 4.69) is 5.32 Å². The third-order valence-corrected chi connectivity index (χ3v) is 1.49. The molecule has 0 aromatic heterocycles. The number of hydrogen-bond donors (Lipinski definition) is 2. The van der Waals surface area contributed by atoms with Gasteiger partial charge in [-0.3, -0.25) is 4.79 Å². The van der Waals surface area contributed by atoms with Crippen LogP contribution in [-0.2, 0) is 14.3 Å². The van der Waals surface area contributed by atoms with Gasteiger partial charge >= 0.3 is 0 Å². The van der Waals surface area contributed by atoms with E-state index in [0.717, 1.165) is 6.42 Å². The molecule has 1 amide bonds. The van der Waals surface area contributed by atoms with Gasteiger partial charge in [0.25, 0.3) is 0 Å². The van der Waals surface area contributed by atoms with Crippen molar-refractivity contribution >= 4 is 5.91 Å². The molecule has 0 aromatic rings. The summed E-state index contributed by atoms with van der Waals surface area (Å²) in [4.78, 5) is 11.0. The number of nitrogens with two attached hydrogens (primary N) is 1. The lowest BCUT2D eigenvalue weighted by atomic mass is 10.4. The molecule has 0 bridgehead atoms. The van der Waals surface area contributed by atoms with E-state index in [4.69, 9.17) is 15.2 Å². The van der Waals surface area contributed by atoms with E-state index >= 15 is 0 Å². The van der Waals surface area contributed by atoms with E-state index < -0.39 is 0 Å². The van der Waals surface area contributed by atoms with Crippen LogP contribution in [0.4, 0.5) is 0 Å². The van der Waals surface area contributed by atoms with Gasteiger partial charge in [-0.15, -0.1) is 0 Å². The molecule has 0 unspecified atom stereocenters. The molecule has 0 saturated heterocycles. The van der Waals surface area contributed by atoms with Crippen LogP contribution >= 0.6 is 0 Å². The number of amides is 1. The van der Waals surface area contributed by atoms with Gasteiger partial charge in [-0.1, -0.05) is 0 Å². The number of ether oxygens (including phenoxy) is 2. The summed E-state index contributed by atoms with van der Waals surface area (Å²) in [5.74, 6) is -0.0781. The lowest BCUT2D eigenvalue weighted by Crippen LogP contribution is -2.29. The van der Waals surface area contributed by atoms with Gasteiger partial charge in [0.1, 0.15) is 6.61 Å². The molecular weight excluding hydrogens is 184 g/mol. The minimum atomic E-state index is -0.0781. The second kappa shape index (κ2) is 10.4. The average Bonchev–Trinajstić information content (AvgIpc) is 2.20. The van der Waals surface area contributed by atoms with Gasteiger partial charge in [0, 0.05) is 26.3 Å². The van der Waals surface area contributed by atoms with Crippen molar-refractivity contribution in [1.29, 1.82) is 0 Å². The molecule has 0 aliphatic rings. The summed E-state index contributed by atoms with van der Waals surface area (Å²) in [7, 11) is 0. The predicted octanol–water partition coefficient (Wildman–Crippen LogP) is -0.495. The van der Waals surface area contributed by atoms with Crippen molar-refractivity contribution in [2.24, 2.45) is 5.73 Å². The van der Waals surface area contributed by atoms with E-state index in [9.17, 15) is 4.79 Å². The van der Waals surface area contributed by atoms with Gasteiger partial charge < -0.3 is 20.5 Å². The molecule has 5 nitrogen and oxygen atoms in total. The molecule has 0 fully saturated rings. The number of carbonyl (C=O) groups excluding carboxylic acids is 1. The highest BCUT2D eigenvalue weighted by Gasteiger charge is 1.98. The fourth-order valence-electron chi connectivity index (χ4n) is 0.833. The molecule has 0 spiro atoms. The largest absolute Gasteiger partial charge is 0.380 e.